The number of carboxylic acid groups (broad SMARTS) is 1. The molecular formula is C10H15N4O10P. The van der Waals surface area contributed by atoms with Crippen LogP contribution >= 0.6 is 7.82 Å². The summed E-state index contributed by atoms with van der Waals surface area (Å²) >= 11 is 0. The maximum atomic E-state index is 12.0. The number of nitrogen functional groups attached to an aromatic ring is 2. The van der Waals surface area contributed by atoms with Crippen LogP contribution in [0.15, 0.2) is 4.79 Å². The molecule has 0 unspecified atom stereocenters. The average Bonchev–Trinajstić information content (AvgIpc) is 2.72. The zero-order valence-corrected chi connectivity index (χ0v) is 13.2. The van der Waals surface area contributed by atoms with E-state index in [1.807, 2.05) is 0 Å². The number of aliphatic hydroxyl groups excluding tert-OH is 2. The van der Waals surface area contributed by atoms with Crippen LogP contribution in [-0.2, 0) is 13.8 Å². The monoisotopic (exact) mass is 382 g/mol. The molecule has 1 saturated heterocycles. The van der Waals surface area contributed by atoms with E-state index < -0.39 is 67.8 Å². The minimum absolute atomic E-state index is 0.463. The molecule has 15 heteroatoms. The molecule has 25 heavy (non-hydrogen) atoms. The molecule has 0 aliphatic carbocycles. The highest BCUT2D eigenvalue weighted by molar-refractivity contribution is 7.46. The Hall–Kier alpha value is -2.06. The summed E-state index contributed by atoms with van der Waals surface area (Å²) in [4.78, 5) is 43.7. The van der Waals surface area contributed by atoms with Gasteiger partial charge in [0.25, 0.3) is 0 Å². The third kappa shape index (κ3) is 3.80. The molecule has 4 atom stereocenters. The van der Waals surface area contributed by atoms with Crippen molar-refractivity contribution in [2.75, 3.05) is 18.1 Å². The molecule has 2 rings (SSSR count). The number of hydrogen-bond acceptors (Lipinski definition) is 10. The first-order chi connectivity index (χ1) is 11.4. The predicted molar refractivity (Wildman–Crippen MR) is 78.2 cm³/mol. The fourth-order valence-corrected chi connectivity index (χ4v) is 2.62. The number of nitrogens with zero attached hydrogens (tertiary/aromatic N) is 2. The number of carbonyl (C=O) groups is 1. The summed E-state index contributed by atoms with van der Waals surface area (Å²) < 4.78 is 20.5. The van der Waals surface area contributed by atoms with Gasteiger partial charge in [-0.1, -0.05) is 0 Å². The number of anilines is 2. The Morgan fingerprint density at radius 1 is 1.32 bits per heavy atom. The third-order valence-corrected chi connectivity index (χ3v) is 3.89. The first-order valence-electron chi connectivity index (χ1n) is 6.56. The zero-order chi connectivity index (χ0) is 19.1. The van der Waals surface area contributed by atoms with Crippen LogP contribution in [0, 0.1) is 0 Å². The van der Waals surface area contributed by atoms with E-state index in [9.17, 15) is 24.4 Å². The Morgan fingerprint density at radius 2 is 1.92 bits per heavy atom. The van der Waals surface area contributed by atoms with Crippen LogP contribution in [0.1, 0.15) is 16.6 Å². The molecule has 1 fully saturated rings. The first-order valence-corrected chi connectivity index (χ1v) is 8.09. The lowest BCUT2D eigenvalue weighted by atomic mass is 10.1. The van der Waals surface area contributed by atoms with Gasteiger partial charge in [0.05, 0.1) is 6.61 Å². The van der Waals surface area contributed by atoms with Crippen molar-refractivity contribution in [3.05, 3.63) is 16.0 Å². The number of rotatable bonds is 5. The van der Waals surface area contributed by atoms with E-state index in [0.717, 1.165) is 0 Å². The summed E-state index contributed by atoms with van der Waals surface area (Å²) in [7, 11) is -4.88. The highest BCUT2D eigenvalue weighted by Gasteiger charge is 2.46. The van der Waals surface area contributed by atoms with Gasteiger partial charge in [-0.25, -0.2) is 18.7 Å². The summed E-state index contributed by atoms with van der Waals surface area (Å²) in [6, 6.07) is 0. The van der Waals surface area contributed by atoms with Crippen molar-refractivity contribution in [3.63, 3.8) is 0 Å². The van der Waals surface area contributed by atoms with Crippen LogP contribution in [0.5, 0.6) is 0 Å². The zero-order valence-electron chi connectivity index (χ0n) is 12.3. The van der Waals surface area contributed by atoms with Gasteiger partial charge in [0.1, 0.15) is 35.5 Å². The minimum Gasteiger partial charge on any atom is -0.477 e. The van der Waals surface area contributed by atoms with E-state index in [2.05, 4.69) is 9.51 Å². The first kappa shape index (κ1) is 19.3. The van der Waals surface area contributed by atoms with Gasteiger partial charge in [-0.3, -0.25) is 4.52 Å². The van der Waals surface area contributed by atoms with Crippen molar-refractivity contribution < 1.29 is 43.7 Å². The largest absolute Gasteiger partial charge is 0.477 e. The van der Waals surface area contributed by atoms with Crippen LogP contribution in [0.2, 0.25) is 0 Å². The van der Waals surface area contributed by atoms with Gasteiger partial charge in [-0.05, 0) is 0 Å². The van der Waals surface area contributed by atoms with Gasteiger partial charge in [-0.2, -0.15) is 4.98 Å². The molecule has 2 heterocycles. The Bertz CT molecular complexity index is 791. The second-order valence-corrected chi connectivity index (χ2v) is 6.29. The molecule has 1 aliphatic rings. The maximum Gasteiger partial charge on any atom is 0.469 e. The lowest BCUT2D eigenvalue weighted by Crippen LogP contribution is -2.38. The Labute approximate surface area is 138 Å². The minimum atomic E-state index is -4.88. The Balaban J connectivity index is 2.39. The van der Waals surface area contributed by atoms with Gasteiger partial charge >= 0.3 is 19.5 Å². The van der Waals surface area contributed by atoms with Crippen molar-refractivity contribution in [2.24, 2.45) is 0 Å². The van der Waals surface area contributed by atoms with Gasteiger partial charge < -0.3 is 41.3 Å². The number of hydrogen-bond donors (Lipinski definition) is 7. The lowest BCUT2D eigenvalue weighted by molar-refractivity contribution is -0.0531. The molecule has 0 radical (unpaired) electrons. The Kier molecular flexibility index (Phi) is 5.15. The standard InChI is InChI=1S/C10H15N4O10P/c11-6-3(9(17)18)7(12)14(10(19)13-6)8-5(16)4(15)2(24-8)1-23-25(20,21)22/h2,4-5,8,15-16H,1,12H2,(H,17,18)(H2,11,13,19)(H2,20,21,22)/t2-,4-,5-,8-/m1/s1. The molecule has 14 nitrogen and oxygen atoms in total. The number of phosphoric ester groups is 1. The molecular weight excluding hydrogens is 367 g/mol. The predicted octanol–water partition coefficient (Wildman–Crippen LogP) is -3.17. The smallest absolute Gasteiger partial charge is 0.469 e. The highest BCUT2D eigenvalue weighted by Crippen LogP contribution is 2.38. The number of nitrogens with two attached hydrogens (primary N) is 2. The highest BCUT2D eigenvalue weighted by atomic mass is 31.2. The van der Waals surface area contributed by atoms with Crippen LogP contribution in [-0.4, -0.2) is 65.5 Å². The maximum absolute atomic E-state index is 12.0. The fraction of sp³-hybridized carbons (Fsp3) is 0.500. The second-order valence-electron chi connectivity index (χ2n) is 5.05. The van der Waals surface area contributed by atoms with Crippen molar-refractivity contribution in [2.45, 2.75) is 24.5 Å². The van der Waals surface area contributed by atoms with Crippen molar-refractivity contribution in [3.8, 4) is 0 Å². The van der Waals surface area contributed by atoms with Gasteiger partial charge in [-0.15, -0.1) is 0 Å². The second kappa shape index (κ2) is 6.68. The molecule has 0 aromatic carbocycles. The topological polar surface area (TPSA) is 241 Å². The molecule has 0 spiro atoms. The number of aliphatic hydroxyl groups is 2. The molecule has 140 valence electrons. The van der Waals surface area contributed by atoms with Gasteiger partial charge in [0.15, 0.2) is 6.23 Å². The number of aromatic nitrogens is 2. The summed E-state index contributed by atoms with van der Waals surface area (Å²) in [5.41, 5.74) is 9.06. The summed E-state index contributed by atoms with van der Waals surface area (Å²) in [5.74, 6) is -2.93. The molecule has 0 bridgehead atoms. The van der Waals surface area contributed by atoms with Crippen molar-refractivity contribution >= 4 is 25.4 Å². The molecule has 0 amide bonds. The van der Waals surface area contributed by atoms with E-state index in [4.69, 9.17) is 31.1 Å². The SMILES string of the molecule is Nc1nc(=O)n([C@@H]2O[C@H](COP(=O)(O)O)[C@@H](O)[C@H]2O)c(N)c1C(=O)O. The number of ether oxygens (including phenoxy) is 1. The summed E-state index contributed by atoms with van der Waals surface area (Å²) in [6.45, 7) is -0.818. The van der Waals surface area contributed by atoms with E-state index in [-0.39, 0.29) is 0 Å². The molecule has 1 aromatic rings. The van der Waals surface area contributed by atoms with Gasteiger partial charge in [0, 0.05) is 0 Å². The van der Waals surface area contributed by atoms with Crippen LogP contribution in [0.4, 0.5) is 11.6 Å². The Morgan fingerprint density at radius 3 is 2.44 bits per heavy atom. The fourth-order valence-electron chi connectivity index (χ4n) is 2.28. The number of carboxylic acids is 1. The van der Waals surface area contributed by atoms with Crippen molar-refractivity contribution in [1.82, 2.24) is 9.55 Å². The van der Waals surface area contributed by atoms with Crippen molar-refractivity contribution in [1.29, 1.82) is 0 Å². The normalized spacial score (nSPS) is 26.7. The van der Waals surface area contributed by atoms with Gasteiger partial charge in [0.2, 0.25) is 0 Å². The molecule has 0 saturated carbocycles. The van der Waals surface area contributed by atoms with Crippen LogP contribution in [0.3, 0.4) is 0 Å². The molecule has 1 aliphatic heterocycles. The van der Waals surface area contributed by atoms with E-state index in [1.165, 1.54) is 0 Å². The summed E-state index contributed by atoms with van der Waals surface area (Å²) in [6.07, 6.45) is -6.63. The van der Waals surface area contributed by atoms with E-state index in [1.54, 1.807) is 0 Å². The average molecular weight is 382 g/mol. The summed E-state index contributed by atoms with van der Waals surface area (Å²) in [5, 5.41) is 29.0. The molecule has 9 N–H and O–H groups in total. The van der Waals surface area contributed by atoms with E-state index in [0.29, 0.717) is 4.57 Å². The van der Waals surface area contributed by atoms with E-state index >= 15 is 0 Å². The number of phosphoric acid groups is 1. The third-order valence-electron chi connectivity index (χ3n) is 3.41. The lowest BCUT2D eigenvalue weighted by Gasteiger charge is -2.20. The van der Waals surface area contributed by atoms with Crippen LogP contribution < -0.4 is 17.2 Å². The number of aromatic carboxylic acids is 1. The van der Waals surface area contributed by atoms with Crippen LogP contribution in [0.25, 0.3) is 0 Å². The quantitative estimate of drug-likeness (QED) is 0.249. The molecule has 1 aromatic heterocycles.